The van der Waals surface area contributed by atoms with Crippen LogP contribution < -0.4 is 9.64 Å². The van der Waals surface area contributed by atoms with Crippen LogP contribution in [0.5, 0.6) is 5.75 Å². The van der Waals surface area contributed by atoms with Crippen LogP contribution in [0.15, 0.2) is 36.4 Å². The van der Waals surface area contributed by atoms with Crippen LogP contribution in [0.2, 0.25) is 0 Å². The first-order valence-electron chi connectivity index (χ1n) is 8.41. The van der Waals surface area contributed by atoms with Gasteiger partial charge in [-0.3, -0.25) is 14.4 Å². The number of hydrogen-bond acceptors (Lipinski definition) is 4. The Bertz CT molecular complexity index is 777. The predicted octanol–water partition coefficient (Wildman–Crippen LogP) is 2.17. The highest BCUT2D eigenvalue weighted by molar-refractivity contribution is 6.22. The average Bonchev–Trinajstić information content (AvgIpc) is 3.31. The first kappa shape index (κ1) is 14.0. The highest BCUT2D eigenvalue weighted by Gasteiger charge is 2.67. The second kappa shape index (κ2) is 4.56. The van der Waals surface area contributed by atoms with Crippen molar-refractivity contribution < 1.29 is 19.1 Å². The fourth-order valence-electron chi connectivity index (χ4n) is 5.06. The van der Waals surface area contributed by atoms with Gasteiger partial charge < -0.3 is 4.74 Å². The van der Waals surface area contributed by atoms with Gasteiger partial charge in [-0.25, -0.2) is 4.90 Å². The van der Waals surface area contributed by atoms with Gasteiger partial charge in [0.25, 0.3) is 0 Å². The molecule has 2 saturated carbocycles. The molecule has 5 heteroatoms. The molecule has 6 atom stereocenters. The van der Waals surface area contributed by atoms with Crippen molar-refractivity contribution in [3.05, 3.63) is 36.4 Å². The van der Waals surface area contributed by atoms with E-state index in [0.717, 1.165) is 6.42 Å². The Labute approximate surface area is 139 Å². The summed E-state index contributed by atoms with van der Waals surface area (Å²) in [7, 11) is 0. The molecule has 6 rings (SSSR count). The lowest BCUT2D eigenvalue weighted by atomic mass is 9.63. The summed E-state index contributed by atoms with van der Waals surface area (Å²) < 4.78 is 5.08. The largest absolute Gasteiger partial charge is 0.427 e. The second-order valence-corrected chi connectivity index (χ2v) is 7.26. The molecule has 24 heavy (non-hydrogen) atoms. The van der Waals surface area contributed by atoms with Gasteiger partial charge in [0.05, 0.1) is 17.5 Å². The van der Waals surface area contributed by atoms with Gasteiger partial charge in [-0.15, -0.1) is 0 Å². The quantitative estimate of drug-likeness (QED) is 0.362. The summed E-state index contributed by atoms with van der Waals surface area (Å²) in [6, 6.07) is 6.64. The molecule has 4 aliphatic carbocycles. The van der Waals surface area contributed by atoms with Crippen LogP contribution in [-0.2, 0) is 14.4 Å². The number of esters is 1. The Hall–Kier alpha value is -2.43. The van der Waals surface area contributed by atoms with Crippen molar-refractivity contribution in [2.45, 2.75) is 13.3 Å². The Morgan fingerprint density at radius 1 is 1.08 bits per heavy atom. The van der Waals surface area contributed by atoms with E-state index >= 15 is 0 Å². The molecule has 2 amide bonds. The maximum atomic E-state index is 13.0. The molecule has 1 saturated heterocycles. The van der Waals surface area contributed by atoms with Crippen molar-refractivity contribution in [1.29, 1.82) is 0 Å². The van der Waals surface area contributed by atoms with Gasteiger partial charge in [0, 0.05) is 13.0 Å². The third kappa shape index (κ3) is 1.72. The number of ether oxygens (including phenoxy) is 1. The smallest absolute Gasteiger partial charge is 0.308 e. The standard InChI is InChI=1S/C19H17NO4/c1-9(21)24-11-4-2-3-10(7-11)20-18(22)16-12-5-6-13(15-8-14(12)15)17(16)19(20)23/h2-7,12-17H,8H2,1H3. The lowest BCUT2D eigenvalue weighted by Gasteiger charge is -2.37. The minimum absolute atomic E-state index is 0.102. The molecule has 0 aromatic heterocycles. The van der Waals surface area contributed by atoms with E-state index in [2.05, 4.69) is 12.2 Å². The van der Waals surface area contributed by atoms with E-state index in [1.54, 1.807) is 24.3 Å². The summed E-state index contributed by atoms with van der Waals surface area (Å²) in [4.78, 5) is 38.4. The summed E-state index contributed by atoms with van der Waals surface area (Å²) in [5.74, 6) is 0.884. The Balaban J connectivity index is 1.51. The minimum atomic E-state index is -0.428. The van der Waals surface area contributed by atoms with Crippen LogP contribution in [0, 0.1) is 35.5 Å². The lowest BCUT2D eigenvalue weighted by molar-refractivity contribution is -0.132. The van der Waals surface area contributed by atoms with Gasteiger partial charge in [0.1, 0.15) is 5.75 Å². The van der Waals surface area contributed by atoms with E-state index in [9.17, 15) is 14.4 Å². The molecule has 2 bridgehead atoms. The van der Waals surface area contributed by atoms with Gasteiger partial charge in [-0.2, -0.15) is 0 Å². The van der Waals surface area contributed by atoms with Crippen LogP contribution >= 0.6 is 0 Å². The number of imide groups is 1. The first-order chi connectivity index (χ1) is 11.6. The monoisotopic (exact) mass is 323 g/mol. The number of rotatable bonds is 2. The number of carbonyl (C=O) groups excluding carboxylic acids is 3. The summed E-state index contributed by atoms with van der Waals surface area (Å²) in [6.07, 6.45) is 5.46. The highest BCUT2D eigenvalue weighted by Crippen LogP contribution is 2.65. The molecule has 1 heterocycles. The fourth-order valence-corrected chi connectivity index (χ4v) is 5.06. The molecule has 0 N–H and O–H groups in total. The number of hydrogen-bond donors (Lipinski definition) is 0. The SMILES string of the molecule is CC(=O)Oc1cccc(N2C(=O)C3C4C=CC(C5CC45)C3C2=O)c1. The van der Waals surface area contributed by atoms with Crippen molar-refractivity contribution >= 4 is 23.5 Å². The molecule has 0 spiro atoms. The summed E-state index contributed by atoms with van der Waals surface area (Å²) in [5.41, 5.74) is 0.492. The van der Waals surface area contributed by atoms with Gasteiger partial charge in [-0.05, 0) is 42.2 Å². The van der Waals surface area contributed by atoms with Crippen LogP contribution in [-0.4, -0.2) is 17.8 Å². The normalized spacial score (nSPS) is 38.1. The van der Waals surface area contributed by atoms with E-state index in [1.165, 1.54) is 11.8 Å². The molecular formula is C19H17NO4. The van der Waals surface area contributed by atoms with Crippen molar-refractivity contribution in [3.63, 3.8) is 0 Å². The lowest BCUT2D eigenvalue weighted by Crippen LogP contribution is -2.40. The number of allylic oxidation sites excluding steroid dienone is 2. The zero-order valence-electron chi connectivity index (χ0n) is 13.2. The number of nitrogens with zero attached hydrogens (tertiary/aromatic N) is 1. The van der Waals surface area contributed by atoms with Crippen molar-refractivity contribution in [1.82, 2.24) is 0 Å². The highest BCUT2D eigenvalue weighted by atomic mass is 16.5. The van der Waals surface area contributed by atoms with Crippen LogP contribution in [0.3, 0.4) is 0 Å². The first-order valence-corrected chi connectivity index (χ1v) is 8.41. The fraction of sp³-hybridized carbons (Fsp3) is 0.421. The number of anilines is 1. The molecule has 1 aromatic rings. The molecule has 5 nitrogen and oxygen atoms in total. The van der Waals surface area contributed by atoms with E-state index in [0.29, 0.717) is 23.3 Å². The number of carbonyl (C=O) groups is 3. The molecule has 5 aliphatic rings. The Morgan fingerprint density at radius 3 is 2.29 bits per heavy atom. The average molecular weight is 323 g/mol. The topological polar surface area (TPSA) is 63.7 Å². The third-order valence-electron chi connectivity index (χ3n) is 6.00. The van der Waals surface area contributed by atoms with E-state index in [1.807, 2.05) is 0 Å². The maximum absolute atomic E-state index is 13.0. The summed E-state index contributed by atoms with van der Waals surface area (Å²) in [6.45, 7) is 1.32. The second-order valence-electron chi connectivity index (χ2n) is 7.26. The zero-order valence-corrected chi connectivity index (χ0v) is 13.2. The molecule has 122 valence electrons. The molecule has 1 aliphatic heterocycles. The zero-order chi connectivity index (χ0) is 16.6. The van der Waals surface area contributed by atoms with Crippen LogP contribution in [0.4, 0.5) is 5.69 Å². The summed E-state index contributed by atoms with van der Waals surface area (Å²) in [5, 5.41) is 0. The van der Waals surface area contributed by atoms with Crippen molar-refractivity contribution in [3.8, 4) is 5.75 Å². The van der Waals surface area contributed by atoms with E-state index < -0.39 is 5.97 Å². The molecule has 6 unspecified atom stereocenters. The van der Waals surface area contributed by atoms with Gasteiger partial charge in [0.2, 0.25) is 11.8 Å². The number of amides is 2. The minimum Gasteiger partial charge on any atom is -0.427 e. The Morgan fingerprint density at radius 2 is 1.71 bits per heavy atom. The molecule has 3 fully saturated rings. The van der Waals surface area contributed by atoms with E-state index in [-0.39, 0.29) is 35.5 Å². The van der Waals surface area contributed by atoms with Crippen molar-refractivity contribution in [2.75, 3.05) is 4.90 Å². The van der Waals surface area contributed by atoms with Gasteiger partial charge in [-0.1, -0.05) is 18.2 Å². The van der Waals surface area contributed by atoms with Crippen LogP contribution in [0.25, 0.3) is 0 Å². The number of benzene rings is 1. The molecule has 0 radical (unpaired) electrons. The molecular weight excluding hydrogens is 306 g/mol. The Kier molecular flexibility index (Phi) is 2.65. The third-order valence-corrected chi connectivity index (χ3v) is 6.00. The predicted molar refractivity (Wildman–Crippen MR) is 84.9 cm³/mol. The van der Waals surface area contributed by atoms with Crippen LogP contribution in [0.1, 0.15) is 13.3 Å². The molecule has 1 aromatic carbocycles. The van der Waals surface area contributed by atoms with Gasteiger partial charge >= 0.3 is 5.97 Å². The van der Waals surface area contributed by atoms with Crippen molar-refractivity contribution in [2.24, 2.45) is 35.5 Å². The van der Waals surface area contributed by atoms with Gasteiger partial charge in [0.15, 0.2) is 0 Å². The summed E-state index contributed by atoms with van der Waals surface area (Å²) >= 11 is 0. The maximum Gasteiger partial charge on any atom is 0.308 e. The van der Waals surface area contributed by atoms with E-state index in [4.69, 9.17) is 4.74 Å².